The van der Waals surface area contributed by atoms with Gasteiger partial charge in [-0.05, 0) is 54.5 Å². The summed E-state index contributed by atoms with van der Waals surface area (Å²) in [5, 5.41) is 3.40. The standard InChI is InChI=1S/C15H31N3S3/c1-12(14(3,4)19)17-9-7-8-16-10-11-18-13(2)15(5,6)21-20/h16,19-20H,7-11H2,1-6H3. The van der Waals surface area contributed by atoms with Crippen LogP contribution in [0, 0.1) is 0 Å². The number of hydrogen-bond donors (Lipinski definition) is 3. The summed E-state index contributed by atoms with van der Waals surface area (Å²) in [4.78, 5) is 9.14. The minimum absolute atomic E-state index is 0.00895. The van der Waals surface area contributed by atoms with Crippen molar-refractivity contribution in [3.63, 3.8) is 0 Å². The molecule has 0 bridgehead atoms. The van der Waals surface area contributed by atoms with Crippen molar-refractivity contribution in [3.05, 3.63) is 0 Å². The molecule has 0 saturated heterocycles. The SMILES string of the molecule is CC(=NCCCNCCN=C(C)C(C)(C)SS)C(C)(C)S. The van der Waals surface area contributed by atoms with Crippen LogP contribution in [0.4, 0.5) is 0 Å². The molecule has 0 atom stereocenters. The Morgan fingerprint density at radius 1 is 1.00 bits per heavy atom. The van der Waals surface area contributed by atoms with Crippen LogP contribution in [0.3, 0.4) is 0 Å². The van der Waals surface area contributed by atoms with E-state index in [1.165, 1.54) is 10.8 Å². The summed E-state index contributed by atoms with van der Waals surface area (Å²) in [5.41, 5.74) is 2.23. The van der Waals surface area contributed by atoms with Crippen molar-refractivity contribution in [2.75, 3.05) is 26.2 Å². The molecule has 0 amide bonds. The highest BCUT2D eigenvalue weighted by molar-refractivity contribution is 8.69. The van der Waals surface area contributed by atoms with Gasteiger partial charge in [0.05, 0.1) is 11.3 Å². The zero-order valence-corrected chi connectivity index (χ0v) is 16.8. The number of hydrogen-bond acceptors (Lipinski definition) is 6. The molecule has 0 aromatic carbocycles. The summed E-state index contributed by atoms with van der Waals surface area (Å²) in [6, 6.07) is 0. The summed E-state index contributed by atoms with van der Waals surface area (Å²) >= 11 is 8.78. The van der Waals surface area contributed by atoms with Crippen LogP contribution in [0.1, 0.15) is 48.0 Å². The van der Waals surface area contributed by atoms with Crippen molar-refractivity contribution < 1.29 is 0 Å². The van der Waals surface area contributed by atoms with Gasteiger partial charge in [0, 0.05) is 29.3 Å². The molecule has 0 saturated carbocycles. The molecule has 0 aliphatic rings. The quantitative estimate of drug-likeness (QED) is 0.242. The molecule has 0 aliphatic carbocycles. The normalized spacial score (nSPS) is 14.7. The summed E-state index contributed by atoms with van der Waals surface area (Å²) in [7, 11) is 1.54. The van der Waals surface area contributed by atoms with Crippen LogP contribution < -0.4 is 5.32 Å². The molecule has 3 nitrogen and oxygen atoms in total. The Hall–Kier alpha value is 0.350. The van der Waals surface area contributed by atoms with Crippen molar-refractivity contribution in [1.82, 2.24) is 5.32 Å². The molecule has 124 valence electrons. The molecule has 0 heterocycles. The summed E-state index contributed by atoms with van der Waals surface area (Å²) < 4.78 is -0.105. The fourth-order valence-corrected chi connectivity index (χ4v) is 1.99. The van der Waals surface area contributed by atoms with Crippen molar-refractivity contribution >= 4 is 46.5 Å². The highest BCUT2D eigenvalue weighted by atomic mass is 33.1. The molecule has 6 heteroatoms. The summed E-state index contributed by atoms with van der Waals surface area (Å²) in [6.07, 6.45) is 1.04. The fourth-order valence-electron chi connectivity index (χ4n) is 1.33. The Labute approximate surface area is 145 Å². The van der Waals surface area contributed by atoms with Crippen molar-refractivity contribution in [1.29, 1.82) is 0 Å². The van der Waals surface area contributed by atoms with Gasteiger partial charge in [0.1, 0.15) is 0 Å². The topological polar surface area (TPSA) is 36.8 Å². The van der Waals surface area contributed by atoms with E-state index in [1.54, 1.807) is 0 Å². The first-order valence-electron chi connectivity index (χ1n) is 7.40. The van der Waals surface area contributed by atoms with Gasteiger partial charge in [0.2, 0.25) is 0 Å². The van der Waals surface area contributed by atoms with E-state index >= 15 is 0 Å². The molecule has 0 spiro atoms. The first-order valence-corrected chi connectivity index (χ1v) is 9.71. The zero-order valence-electron chi connectivity index (χ0n) is 14.2. The summed E-state index contributed by atoms with van der Waals surface area (Å²) in [6.45, 7) is 16.1. The maximum atomic E-state index is 4.59. The van der Waals surface area contributed by atoms with Crippen molar-refractivity contribution in [2.24, 2.45) is 9.98 Å². The highest BCUT2D eigenvalue weighted by Crippen LogP contribution is 2.28. The lowest BCUT2D eigenvalue weighted by atomic mass is 10.1. The third-order valence-corrected chi connectivity index (χ3v) is 5.93. The maximum absolute atomic E-state index is 4.59. The molecule has 1 N–H and O–H groups in total. The molecule has 21 heavy (non-hydrogen) atoms. The highest BCUT2D eigenvalue weighted by Gasteiger charge is 2.20. The van der Waals surface area contributed by atoms with Crippen LogP contribution in [-0.4, -0.2) is 47.1 Å². The predicted molar refractivity (Wildman–Crippen MR) is 107 cm³/mol. The van der Waals surface area contributed by atoms with Crippen LogP contribution in [0.2, 0.25) is 0 Å². The van der Waals surface area contributed by atoms with Crippen molar-refractivity contribution in [2.45, 2.75) is 57.5 Å². The van der Waals surface area contributed by atoms with Crippen LogP contribution in [-0.2, 0) is 0 Å². The maximum Gasteiger partial charge on any atom is 0.0578 e. The van der Waals surface area contributed by atoms with Gasteiger partial charge in [-0.3, -0.25) is 9.98 Å². The molecular weight excluding hydrogens is 318 g/mol. The lowest BCUT2D eigenvalue weighted by molar-refractivity contribution is 0.658. The van der Waals surface area contributed by atoms with Gasteiger partial charge in [-0.2, -0.15) is 12.6 Å². The van der Waals surface area contributed by atoms with Crippen LogP contribution >= 0.6 is 35.1 Å². The second kappa shape index (κ2) is 10.2. The molecule has 0 unspecified atom stereocenters. The first-order chi connectivity index (χ1) is 9.61. The van der Waals surface area contributed by atoms with E-state index in [-0.39, 0.29) is 9.49 Å². The zero-order chi connectivity index (χ0) is 16.5. The monoisotopic (exact) mass is 349 g/mol. The number of rotatable bonds is 10. The molecule has 0 aliphatic heterocycles. The van der Waals surface area contributed by atoms with E-state index in [4.69, 9.17) is 0 Å². The van der Waals surface area contributed by atoms with Gasteiger partial charge in [-0.1, -0.05) is 10.8 Å². The van der Waals surface area contributed by atoms with E-state index in [9.17, 15) is 0 Å². The molecule has 0 aromatic heterocycles. The van der Waals surface area contributed by atoms with E-state index < -0.39 is 0 Å². The van der Waals surface area contributed by atoms with Crippen LogP contribution in [0.5, 0.6) is 0 Å². The summed E-state index contributed by atoms with van der Waals surface area (Å²) in [5.74, 6) is 0. The Balaban J connectivity index is 3.78. The van der Waals surface area contributed by atoms with Gasteiger partial charge in [0.15, 0.2) is 0 Å². The van der Waals surface area contributed by atoms with Crippen LogP contribution in [0.15, 0.2) is 9.98 Å². The van der Waals surface area contributed by atoms with Gasteiger partial charge >= 0.3 is 0 Å². The second-order valence-corrected chi connectivity index (χ2v) is 9.07. The predicted octanol–water partition coefficient (Wildman–Crippen LogP) is 3.95. The van der Waals surface area contributed by atoms with E-state index in [1.807, 2.05) is 6.92 Å². The molecule has 0 aromatic rings. The third-order valence-electron chi connectivity index (χ3n) is 3.48. The smallest absolute Gasteiger partial charge is 0.0578 e. The fraction of sp³-hybridized carbons (Fsp3) is 0.867. The number of nitrogens with zero attached hydrogens (tertiary/aromatic N) is 2. The number of nitrogens with one attached hydrogen (secondary N) is 1. The lowest BCUT2D eigenvalue weighted by Crippen LogP contribution is -2.26. The largest absolute Gasteiger partial charge is 0.315 e. The minimum atomic E-state index is -0.114. The van der Waals surface area contributed by atoms with E-state index in [0.717, 1.165) is 44.0 Å². The van der Waals surface area contributed by atoms with Gasteiger partial charge in [-0.25, -0.2) is 0 Å². The Bertz CT molecular complexity index is 358. The molecule has 0 radical (unpaired) electrons. The van der Waals surface area contributed by atoms with Gasteiger partial charge in [0.25, 0.3) is 0 Å². The Morgan fingerprint density at radius 3 is 2.10 bits per heavy atom. The Morgan fingerprint density at radius 2 is 1.57 bits per heavy atom. The van der Waals surface area contributed by atoms with Crippen molar-refractivity contribution in [3.8, 4) is 0 Å². The van der Waals surface area contributed by atoms with E-state index in [2.05, 4.69) is 74.2 Å². The van der Waals surface area contributed by atoms with E-state index in [0.29, 0.717) is 0 Å². The number of aliphatic imine (C=N–C) groups is 2. The number of thiol groups is 2. The van der Waals surface area contributed by atoms with Gasteiger partial charge < -0.3 is 5.32 Å². The average Bonchev–Trinajstić information content (AvgIpc) is 2.39. The van der Waals surface area contributed by atoms with Gasteiger partial charge in [-0.15, -0.1) is 11.7 Å². The average molecular weight is 350 g/mol. The molecular formula is C15H31N3S3. The molecule has 0 fully saturated rings. The minimum Gasteiger partial charge on any atom is -0.315 e. The first kappa shape index (κ1) is 21.4. The lowest BCUT2D eigenvalue weighted by Gasteiger charge is -2.20. The molecule has 0 rings (SSSR count). The van der Waals surface area contributed by atoms with Crippen LogP contribution in [0.25, 0.3) is 0 Å². The Kier molecular flexibility index (Phi) is 10.4. The third kappa shape index (κ3) is 9.87. The second-order valence-electron chi connectivity index (χ2n) is 6.20.